The van der Waals surface area contributed by atoms with Crippen molar-refractivity contribution in [2.75, 3.05) is 19.3 Å². The Balaban J connectivity index is 0.00000162. The highest BCUT2D eigenvalue weighted by Crippen LogP contribution is 2.19. The molecular formula is C10H16ClN3O2S2. The zero-order valence-corrected chi connectivity index (χ0v) is 12.3. The molecule has 0 saturated carbocycles. The van der Waals surface area contributed by atoms with Crippen molar-refractivity contribution in [1.29, 1.82) is 0 Å². The maximum atomic E-state index is 11.9. The summed E-state index contributed by atoms with van der Waals surface area (Å²) in [5.74, 6) is -0.214. The first-order valence-corrected chi connectivity index (χ1v) is 7.50. The van der Waals surface area contributed by atoms with E-state index < -0.39 is 6.10 Å². The molecule has 2 rings (SSSR count). The van der Waals surface area contributed by atoms with Crippen LogP contribution in [0.15, 0.2) is 9.72 Å². The molecule has 8 heteroatoms. The van der Waals surface area contributed by atoms with E-state index in [1.54, 1.807) is 5.38 Å². The molecule has 1 aliphatic rings. The lowest BCUT2D eigenvalue weighted by molar-refractivity contribution is 0.0751. The van der Waals surface area contributed by atoms with E-state index in [-0.39, 0.29) is 24.4 Å². The van der Waals surface area contributed by atoms with E-state index in [1.165, 1.54) is 23.1 Å². The van der Waals surface area contributed by atoms with Gasteiger partial charge in [0.1, 0.15) is 10.0 Å². The lowest BCUT2D eigenvalue weighted by atomic mass is 10.0. The van der Waals surface area contributed by atoms with Crippen LogP contribution < -0.4 is 10.6 Å². The Morgan fingerprint density at radius 3 is 3.11 bits per heavy atom. The largest absolute Gasteiger partial charge is 0.391 e. The number of nitrogens with zero attached hydrogens (tertiary/aromatic N) is 1. The van der Waals surface area contributed by atoms with Gasteiger partial charge in [0.25, 0.3) is 5.91 Å². The average Bonchev–Trinajstić information content (AvgIpc) is 2.81. The van der Waals surface area contributed by atoms with Gasteiger partial charge in [0, 0.05) is 11.9 Å². The second kappa shape index (κ2) is 7.30. The van der Waals surface area contributed by atoms with Gasteiger partial charge in [-0.1, -0.05) is 11.8 Å². The van der Waals surface area contributed by atoms with Gasteiger partial charge in [-0.25, -0.2) is 4.98 Å². The molecule has 2 heterocycles. The Bertz CT molecular complexity index is 402. The van der Waals surface area contributed by atoms with Gasteiger partial charge in [-0.2, -0.15) is 0 Å². The second-order valence-electron chi connectivity index (χ2n) is 3.84. The number of rotatable bonds is 3. The van der Waals surface area contributed by atoms with E-state index in [1.807, 2.05) is 6.26 Å². The van der Waals surface area contributed by atoms with Crippen LogP contribution in [0.4, 0.5) is 0 Å². The molecule has 1 aliphatic heterocycles. The molecule has 1 amide bonds. The van der Waals surface area contributed by atoms with Gasteiger partial charge in [0.2, 0.25) is 0 Å². The predicted octanol–water partition coefficient (Wildman–Crippen LogP) is 0.739. The van der Waals surface area contributed by atoms with Crippen molar-refractivity contribution in [1.82, 2.24) is 15.6 Å². The number of carbonyl (C=O) groups excluding carboxylic acids is 1. The van der Waals surface area contributed by atoms with Gasteiger partial charge >= 0.3 is 0 Å². The summed E-state index contributed by atoms with van der Waals surface area (Å²) in [5.41, 5.74) is 0.428. The van der Waals surface area contributed by atoms with Crippen molar-refractivity contribution in [2.45, 2.75) is 22.9 Å². The number of hydrogen-bond donors (Lipinski definition) is 3. The minimum Gasteiger partial charge on any atom is -0.391 e. The van der Waals surface area contributed by atoms with Gasteiger partial charge in [-0.3, -0.25) is 4.79 Å². The van der Waals surface area contributed by atoms with E-state index in [9.17, 15) is 9.90 Å². The fraction of sp³-hybridized carbons (Fsp3) is 0.600. The minimum absolute atomic E-state index is 0. The lowest BCUT2D eigenvalue weighted by Gasteiger charge is -2.28. The normalized spacial score (nSPS) is 23.2. The first kappa shape index (κ1) is 15.7. The third kappa shape index (κ3) is 3.83. The Labute approximate surface area is 120 Å². The highest BCUT2D eigenvalue weighted by atomic mass is 35.5. The molecule has 1 fully saturated rings. The molecule has 0 aromatic carbocycles. The molecule has 0 radical (unpaired) electrons. The topological polar surface area (TPSA) is 74.2 Å². The number of hydrogen-bond acceptors (Lipinski definition) is 6. The zero-order valence-electron chi connectivity index (χ0n) is 9.88. The van der Waals surface area contributed by atoms with Gasteiger partial charge in [-0.15, -0.1) is 23.7 Å². The van der Waals surface area contributed by atoms with Crippen LogP contribution in [-0.4, -0.2) is 47.5 Å². The summed E-state index contributed by atoms with van der Waals surface area (Å²) in [5, 5.41) is 17.4. The molecule has 1 aromatic rings. The molecule has 0 unspecified atom stereocenters. The summed E-state index contributed by atoms with van der Waals surface area (Å²) in [7, 11) is 0. The summed E-state index contributed by atoms with van der Waals surface area (Å²) in [6.45, 7) is 1.40. The van der Waals surface area contributed by atoms with Crippen LogP contribution in [0, 0.1) is 0 Å². The van der Waals surface area contributed by atoms with Crippen molar-refractivity contribution in [3.63, 3.8) is 0 Å². The van der Waals surface area contributed by atoms with Crippen LogP contribution >= 0.6 is 35.5 Å². The summed E-state index contributed by atoms with van der Waals surface area (Å²) in [4.78, 5) is 16.1. The van der Waals surface area contributed by atoms with E-state index in [0.717, 1.165) is 10.9 Å². The van der Waals surface area contributed by atoms with Gasteiger partial charge in [0.15, 0.2) is 0 Å². The third-order valence-electron chi connectivity index (χ3n) is 2.65. The highest BCUT2D eigenvalue weighted by molar-refractivity contribution is 8.00. The van der Waals surface area contributed by atoms with Crippen LogP contribution in [0.3, 0.4) is 0 Å². The molecule has 0 bridgehead atoms. The van der Waals surface area contributed by atoms with Crippen molar-refractivity contribution < 1.29 is 9.90 Å². The molecule has 5 nitrogen and oxygen atoms in total. The fourth-order valence-electron chi connectivity index (χ4n) is 1.69. The van der Waals surface area contributed by atoms with E-state index in [0.29, 0.717) is 18.7 Å². The minimum atomic E-state index is -0.473. The smallest absolute Gasteiger partial charge is 0.271 e. The third-order valence-corrected chi connectivity index (χ3v) is 4.52. The maximum Gasteiger partial charge on any atom is 0.271 e. The number of piperidine rings is 1. The van der Waals surface area contributed by atoms with Crippen molar-refractivity contribution in [3.05, 3.63) is 11.1 Å². The quantitative estimate of drug-likeness (QED) is 0.718. The molecule has 1 saturated heterocycles. The van der Waals surface area contributed by atoms with Crippen molar-refractivity contribution in [3.8, 4) is 0 Å². The van der Waals surface area contributed by atoms with Gasteiger partial charge in [0.05, 0.1) is 12.1 Å². The van der Waals surface area contributed by atoms with Crippen molar-refractivity contribution >= 4 is 41.4 Å². The van der Waals surface area contributed by atoms with E-state index in [2.05, 4.69) is 15.6 Å². The number of amides is 1. The number of thiazole rings is 1. The Morgan fingerprint density at radius 2 is 2.50 bits per heavy atom. The first-order chi connectivity index (χ1) is 8.20. The number of halogens is 1. The molecule has 0 spiro atoms. The number of aliphatic hydroxyl groups excluding tert-OH is 1. The summed E-state index contributed by atoms with van der Waals surface area (Å²) in [6.07, 6.45) is 2.12. The number of aliphatic hydroxyl groups is 1. The number of aromatic nitrogens is 1. The zero-order chi connectivity index (χ0) is 12.3. The number of carbonyl (C=O) groups is 1. The fourth-order valence-corrected chi connectivity index (χ4v) is 2.93. The predicted molar refractivity (Wildman–Crippen MR) is 75.9 cm³/mol. The van der Waals surface area contributed by atoms with Crippen LogP contribution in [0.25, 0.3) is 0 Å². The molecule has 18 heavy (non-hydrogen) atoms. The number of nitrogens with one attached hydrogen (secondary N) is 2. The Kier molecular flexibility index (Phi) is 6.37. The standard InChI is InChI=1S/C10H15N3O2S2.ClH/c1-16-10-13-7(5-17-10)9(15)12-6-4-11-3-2-8(6)14;/h5-6,8,11,14H,2-4H2,1H3,(H,12,15);1H/t6-,8+;/m0./s1. The Hall–Kier alpha value is -0.340. The monoisotopic (exact) mass is 309 g/mol. The summed E-state index contributed by atoms with van der Waals surface area (Å²) < 4.78 is 0.873. The van der Waals surface area contributed by atoms with Crippen LogP contribution in [0.5, 0.6) is 0 Å². The Morgan fingerprint density at radius 1 is 1.72 bits per heavy atom. The van der Waals surface area contributed by atoms with Crippen LogP contribution in [-0.2, 0) is 0 Å². The van der Waals surface area contributed by atoms with E-state index >= 15 is 0 Å². The SMILES string of the molecule is CSc1nc(C(=O)N[C@H]2CNCC[C@H]2O)cs1.Cl. The number of thioether (sulfide) groups is 1. The van der Waals surface area contributed by atoms with E-state index in [4.69, 9.17) is 0 Å². The molecule has 1 aromatic heterocycles. The summed E-state index contributed by atoms with van der Waals surface area (Å²) in [6, 6.07) is -0.226. The van der Waals surface area contributed by atoms with Crippen LogP contribution in [0.1, 0.15) is 16.9 Å². The van der Waals surface area contributed by atoms with Gasteiger partial charge in [-0.05, 0) is 19.2 Å². The molecule has 102 valence electrons. The van der Waals surface area contributed by atoms with Gasteiger partial charge < -0.3 is 15.7 Å². The molecule has 2 atom stereocenters. The van der Waals surface area contributed by atoms with Crippen LogP contribution in [0.2, 0.25) is 0 Å². The van der Waals surface area contributed by atoms with Crippen molar-refractivity contribution in [2.24, 2.45) is 0 Å². The maximum absolute atomic E-state index is 11.9. The molecule has 0 aliphatic carbocycles. The average molecular weight is 310 g/mol. The molecule has 3 N–H and O–H groups in total. The second-order valence-corrected chi connectivity index (χ2v) is 5.75. The lowest BCUT2D eigenvalue weighted by Crippen LogP contribution is -2.53. The summed E-state index contributed by atoms with van der Waals surface area (Å²) >= 11 is 2.97. The molecular weight excluding hydrogens is 294 g/mol. The first-order valence-electron chi connectivity index (χ1n) is 5.40. The highest BCUT2D eigenvalue weighted by Gasteiger charge is 2.25.